The second-order valence-corrected chi connectivity index (χ2v) is 7.23. The number of carbonyl (C=O) groups is 1. The summed E-state index contributed by atoms with van der Waals surface area (Å²) in [5.41, 5.74) is 0.516. The average Bonchev–Trinajstić information content (AvgIpc) is 2.54. The molecule has 0 spiro atoms. The predicted octanol–water partition coefficient (Wildman–Crippen LogP) is 2.26. The third-order valence-corrected chi connectivity index (χ3v) is 5.26. The normalized spacial score (nSPS) is 17.6. The average molecular weight is 296 g/mol. The summed E-state index contributed by atoms with van der Waals surface area (Å²) in [4.78, 5) is 12.6. The van der Waals surface area contributed by atoms with Crippen molar-refractivity contribution in [3.05, 3.63) is 18.2 Å². The number of sulfone groups is 1. The molecule has 0 aliphatic carbocycles. The summed E-state index contributed by atoms with van der Waals surface area (Å²) in [5.74, 6) is -0.121. The first kappa shape index (κ1) is 14.8. The first-order valence-electron chi connectivity index (χ1n) is 6.72. The molecule has 1 aromatic carbocycles. The summed E-state index contributed by atoms with van der Waals surface area (Å²) in [6.07, 6.45) is 2.54. The van der Waals surface area contributed by atoms with Crippen LogP contribution in [-0.4, -0.2) is 27.1 Å². The Morgan fingerprint density at radius 2 is 1.90 bits per heavy atom. The number of hydrogen-bond acceptors (Lipinski definition) is 4. The van der Waals surface area contributed by atoms with Gasteiger partial charge in [-0.05, 0) is 25.0 Å². The molecule has 0 saturated carbocycles. The Hall–Kier alpha value is -1.56. The standard InChI is InChI=1S/C14H20N2O3S/c1-4-14(5-2)9-15-10-7-6-8-11(20(3,18)19)12(10)16-13(14)17/h6-8,15H,4-5,9H2,1-3H3,(H,16,17). The second-order valence-electron chi connectivity index (χ2n) is 5.25. The third kappa shape index (κ3) is 2.40. The highest BCUT2D eigenvalue weighted by atomic mass is 32.2. The van der Waals surface area contributed by atoms with Crippen LogP contribution in [0.4, 0.5) is 11.4 Å². The molecule has 0 saturated heterocycles. The van der Waals surface area contributed by atoms with E-state index in [2.05, 4.69) is 10.6 Å². The van der Waals surface area contributed by atoms with Gasteiger partial charge < -0.3 is 10.6 Å². The van der Waals surface area contributed by atoms with Crippen LogP contribution in [0.1, 0.15) is 26.7 Å². The fraction of sp³-hybridized carbons (Fsp3) is 0.500. The zero-order valence-electron chi connectivity index (χ0n) is 12.0. The molecule has 2 rings (SSSR count). The molecule has 1 amide bonds. The molecule has 0 fully saturated rings. The number of carbonyl (C=O) groups excluding carboxylic acids is 1. The van der Waals surface area contributed by atoms with Crippen LogP contribution >= 0.6 is 0 Å². The molecule has 110 valence electrons. The monoisotopic (exact) mass is 296 g/mol. The molecule has 1 aromatic rings. The Bertz CT molecular complexity index is 634. The van der Waals surface area contributed by atoms with E-state index in [-0.39, 0.29) is 10.8 Å². The van der Waals surface area contributed by atoms with Crippen LogP contribution in [0.3, 0.4) is 0 Å². The van der Waals surface area contributed by atoms with Gasteiger partial charge in [0.25, 0.3) is 0 Å². The molecular formula is C14H20N2O3S. The lowest BCUT2D eigenvalue weighted by Crippen LogP contribution is -2.39. The number of anilines is 2. The quantitative estimate of drug-likeness (QED) is 0.897. The summed E-state index contributed by atoms with van der Waals surface area (Å²) < 4.78 is 23.7. The van der Waals surface area contributed by atoms with Gasteiger partial charge in [0.05, 0.1) is 21.7 Å². The number of nitrogens with one attached hydrogen (secondary N) is 2. The number of benzene rings is 1. The van der Waals surface area contributed by atoms with Gasteiger partial charge in [-0.2, -0.15) is 0 Å². The van der Waals surface area contributed by atoms with E-state index in [9.17, 15) is 13.2 Å². The van der Waals surface area contributed by atoms with Gasteiger partial charge >= 0.3 is 0 Å². The van der Waals surface area contributed by atoms with Crippen molar-refractivity contribution in [3.8, 4) is 0 Å². The topological polar surface area (TPSA) is 75.3 Å². The summed E-state index contributed by atoms with van der Waals surface area (Å²) >= 11 is 0. The summed E-state index contributed by atoms with van der Waals surface area (Å²) in [5, 5.41) is 6.02. The highest BCUT2D eigenvalue weighted by Gasteiger charge is 2.38. The van der Waals surface area contributed by atoms with Crippen LogP contribution in [-0.2, 0) is 14.6 Å². The van der Waals surface area contributed by atoms with Crippen molar-refractivity contribution in [3.63, 3.8) is 0 Å². The minimum atomic E-state index is -3.39. The maximum Gasteiger partial charge on any atom is 0.232 e. The number of hydrogen-bond donors (Lipinski definition) is 2. The van der Waals surface area contributed by atoms with Crippen LogP contribution in [0, 0.1) is 5.41 Å². The van der Waals surface area contributed by atoms with E-state index in [0.717, 1.165) is 6.26 Å². The van der Waals surface area contributed by atoms with Crippen molar-refractivity contribution >= 4 is 27.1 Å². The Morgan fingerprint density at radius 3 is 2.45 bits per heavy atom. The Labute approximate surface area is 119 Å². The molecule has 0 aromatic heterocycles. The third-order valence-electron chi connectivity index (χ3n) is 4.12. The first-order valence-corrected chi connectivity index (χ1v) is 8.61. The van der Waals surface area contributed by atoms with Crippen LogP contribution < -0.4 is 10.6 Å². The van der Waals surface area contributed by atoms with Crippen LogP contribution in [0.2, 0.25) is 0 Å². The van der Waals surface area contributed by atoms with E-state index in [1.165, 1.54) is 6.07 Å². The van der Waals surface area contributed by atoms with Gasteiger partial charge in [0, 0.05) is 12.8 Å². The first-order chi connectivity index (χ1) is 9.34. The van der Waals surface area contributed by atoms with Crippen molar-refractivity contribution in [2.45, 2.75) is 31.6 Å². The van der Waals surface area contributed by atoms with Gasteiger partial charge in [-0.3, -0.25) is 4.79 Å². The van der Waals surface area contributed by atoms with E-state index < -0.39 is 15.3 Å². The minimum Gasteiger partial charge on any atom is -0.382 e. The molecule has 6 heteroatoms. The van der Waals surface area contributed by atoms with Gasteiger partial charge in [-0.1, -0.05) is 19.9 Å². The van der Waals surface area contributed by atoms with Gasteiger partial charge in [0.15, 0.2) is 9.84 Å². The molecule has 1 aliphatic rings. The van der Waals surface area contributed by atoms with Crippen LogP contribution in [0.5, 0.6) is 0 Å². The number of amides is 1. The maximum atomic E-state index is 12.5. The Balaban J connectivity index is 2.55. The largest absolute Gasteiger partial charge is 0.382 e. The number of para-hydroxylation sites is 1. The lowest BCUT2D eigenvalue weighted by molar-refractivity contribution is -0.125. The maximum absolute atomic E-state index is 12.5. The van der Waals surface area contributed by atoms with E-state index in [4.69, 9.17) is 0 Å². The zero-order chi connectivity index (χ0) is 15.0. The summed E-state index contributed by atoms with van der Waals surface area (Å²) in [6.45, 7) is 4.45. The molecule has 0 atom stereocenters. The molecule has 1 heterocycles. The smallest absolute Gasteiger partial charge is 0.232 e. The van der Waals surface area contributed by atoms with Crippen LogP contribution in [0.15, 0.2) is 23.1 Å². The fourth-order valence-corrected chi connectivity index (χ4v) is 3.39. The van der Waals surface area contributed by atoms with Gasteiger partial charge in [-0.25, -0.2) is 8.42 Å². The second kappa shape index (κ2) is 5.09. The summed E-state index contributed by atoms with van der Waals surface area (Å²) in [6, 6.07) is 4.98. The van der Waals surface area contributed by atoms with Crippen molar-refractivity contribution < 1.29 is 13.2 Å². The SMILES string of the molecule is CCC1(CC)CNc2cccc(S(C)(=O)=O)c2NC1=O. The summed E-state index contributed by atoms with van der Waals surface area (Å²) in [7, 11) is -3.39. The lowest BCUT2D eigenvalue weighted by atomic mass is 9.81. The van der Waals surface area contributed by atoms with E-state index in [1.807, 2.05) is 13.8 Å². The van der Waals surface area contributed by atoms with Crippen LogP contribution in [0.25, 0.3) is 0 Å². The number of rotatable bonds is 3. The molecule has 0 radical (unpaired) electrons. The highest BCUT2D eigenvalue weighted by Crippen LogP contribution is 2.37. The zero-order valence-corrected chi connectivity index (χ0v) is 12.8. The van der Waals surface area contributed by atoms with Crippen molar-refractivity contribution in [2.24, 2.45) is 5.41 Å². The minimum absolute atomic E-state index is 0.121. The van der Waals surface area contributed by atoms with Gasteiger partial charge in [0.2, 0.25) is 5.91 Å². The van der Waals surface area contributed by atoms with E-state index in [1.54, 1.807) is 12.1 Å². The van der Waals surface area contributed by atoms with E-state index in [0.29, 0.717) is 30.8 Å². The predicted molar refractivity (Wildman–Crippen MR) is 79.7 cm³/mol. The number of fused-ring (bicyclic) bond motifs is 1. The van der Waals surface area contributed by atoms with Crippen molar-refractivity contribution in [1.82, 2.24) is 0 Å². The van der Waals surface area contributed by atoms with Crippen molar-refractivity contribution in [1.29, 1.82) is 0 Å². The molecule has 2 N–H and O–H groups in total. The molecule has 1 aliphatic heterocycles. The molecular weight excluding hydrogens is 276 g/mol. The van der Waals surface area contributed by atoms with E-state index >= 15 is 0 Å². The molecule has 0 bridgehead atoms. The highest BCUT2D eigenvalue weighted by molar-refractivity contribution is 7.90. The van der Waals surface area contributed by atoms with Gasteiger partial charge in [-0.15, -0.1) is 0 Å². The van der Waals surface area contributed by atoms with Gasteiger partial charge in [0.1, 0.15) is 0 Å². The lowest BCUT2D eigenvalue weighted by Gasteiger charge is -2.27. The molecule has 5 nitrogen and oxygen atoms in total. The Kier molecular flexibility index (Phi) is 3.77. The molecule has 20 heavy (non-hydrogen) atoms. The fourth-order valence-electron chi connectivity index (χ4n) is 2.53. The Morgan fingerprint density at radius 1 is 1.25 bits per heavy atom. The van der Waals surface area contributed by atoms with Crippen molar-refractivity contribution in [2.75, 3.05) is 23.4 Å². The molecule has 0 unspecified atom stereocenters.